The minimum Gasteiger partial charge on any atom is -0.414 e. The number of ether oxygens (including phenoxy) is 1. The Morgan fingerprint density at radius 3 is 2.47 bits per heavy atom. The van der Waals surface area contributed by atoms with Crippen molar-refractivity contribution in [2.45, 2.75) is 6.18 Å². The molecule has 0 aliphatic rings. The zero-order valence-corrected chi connectivity index (χ0v) is 9.28. The summed E-state index contributed by atoms with van der Waals surface area (Å²) in [5, 5.41) is 0. The van der Waals surface area contributed by atoms with Gasteiger partial charge in [-0.2, -0.15) is 13.2 Å². The molecule has 1 aromatic carbocycles. The van der Waals surface area contributed by atoms with Crippen molar-refractivity contribution >= 4 is 33.0 Å². The first-order valence-corrected chi connectivity index (χ1v) is 4.72. The second-order valence-electron chi connectivity index (χ2n) is 2.48. The number of carbonyl (C=O) groups is 1. The maximum absolute atomic E-state index is 12.4. The first-order valence-electron chi connectivity index (χ1n) is 3.55. The van der Waals surface area contributed by atoms with Crippen LogP contribution >= 0.6 is 27.5 Å². The van der Waals surface area contributed by atoms with E-state index >= 15 is 0 Å². The normalized spacial score (nSPS) is 11.3. The van der Waals surface area contributed by atoms with Crippen molar-refractivity contribution in [1.29, 1.82) is 0 Å². The molecule has 0 saturated carbocycles. The molecule has 0 amide bonds. The first-order chi connectivity index (χ1) is 6.80. The van der Waals surface area contributed by atoms with Gasteiger partial charge < -0.3 is 4.74 Å². The van der Waals surface area contributed by atoms with Crippen molar-refractivity contribution < 1.29 is 22.7 Å². The van der Waals surface area contributed by atoms with Crippen LogP contribution in [0.25, 0.3) is 0 Å². The Hall–Kier alpha value is -0.750. The van der Waals surface area contributed by atoms with E-state index in [0.29, 0.717) is 6.07 Å². The summed E-state index contributed by atoms with van der Waals surface area (Å²) in [6.45, 7) is 0. The number of alkyl halides is 3. The van der Waals surface area contributed by atoms with E-state index in [1.807, 2.05) is 0 Å². The lowest BCUT2D eigenvalue weighted by Gasteiger charge is -2.10. The molecule has 0 saturated heterocycles. The smallest absolute Gasteiger partial charge is 0.414 e. The van der Waals surface area contributed by atoms with Crippen molar-refractivity contribution in [1.82, 2.24) is 0 Å². The van der Waals surface area contributed by atoms with Gasteiger partial charge in [0, 0.05) is 16.1 Å². The number of halogens is 5. The van der Waals surface area contributed by atoms with Crippen LogP contribution in [0.1, 0.15) is 5.56 Å². The van der Waals surface area contributed by atoms with Crippen molar-refractivity contribution in [3.8, 4) is 5.75 Å². The fourth-order valence-electron chi connectivity index (χ4n) is 0.878. The average molecular weight is 303 g/mol. The topological polar surface area (TPSA) is 26.3 Å². The minimum atomic E-state index is -4.52. The summed E-state index contributed by atoms with van der Waals surface area (Å²) in [5.41, 5.74) is -2.12. The molecular weight excluding hydrogens is 300 g/mol. The highest BCUT2D eigenvalue weighted by atomic mass is 79.9. The van der Waals surface area contributed by atoms with Gasteiger partial charge in [0.1, 0.15) is 5.75 Å². The van der Waals surface area contributed by atoms with E-state index in [2.05, 4.69) is 20.7 Å². The Labute approximate surface area is 96.1 Å². The fourth-order valence-corrected chi connectivity index (χ4v) is 1.44. The molecule has 1 aromatic rings. The van der Waals surface area contributed by atoms with Gasteiger partial charge in [-0.05, 0) is 18.2 Å². The molecule has 0 aliphatic carbocycles. The van der Waals surface area contributed by atoms with Gasteiger partial charge in [0.05, 0.1) is 5.56 Å². The second-order valence-corrected chi connectivity index (χ2v) is 3.64. The van der Waals surface area contributed by atoms with Crippen LogP contribution in [0.5, 0.6) is 5.75 Å². The molecule has 0 heterocycles. The Kier molecular flexibility index (Phi) is 3.62. The van der Waals surface area contributed by atoms with E-state index in [1.165, 1.54) is 6.07 Å². The summed E-state index contributed by atoms with van der Waals surface area (Å²) in [7, 11) is 0. The SMILES string of the molecule is O=C(Cl)Oc1ccc(Br)c(C(F)(F)F)c1. The third kappa shape index (κ3) is 3.39. The van der Waals surface area contributed by atoms with Crippen LogP contribution < -0.4 is 4.74 Å². The molecule has 0 radical (unpaired) electrons. The van der Waals surface area contributed by atoms with Gasteiger partial charge in [-0.3, -0.25) is 0 Å². The molecule has 2 nitrogen and oxygen atoms in total. The Balaban J connectivity index is 3.11. The van der Waals surface area contributed by atoms with Crippen LogP contribution in [0.2, 0.25) is 0 Å². The van der Waals surface area contributed by atoms with Gasteiger partial charge >= 0.3 is 11.6 Å². The summed E-state index contributed by atoms with van der Waals surface area (Å²) in [5.74, 6) is -0.259. The quantitative estimate of drug-likeness (QED) is 0.727. The minimum absolute atomic E-state index is 0.135. The van der Waals surface area contributed by atoms with E-state index in [9.17, 15) is 18.0 Å². The Bertz CT molecular complexity index is 392. The van der Waals surface area contributed by atoms with Crippen molar-refractivity contribution in [2.75, 3.05) is 0 Å². The maximum Gasteiger partial charge on any atom is 0.417 e. The number of carbonyl (C=O) groups excluding carboxylic acids is 1. The number of hydrogen-bond donors (Lipinski definition) is 0. The van der Waals surface area contributed by atoms with Gasteiger partial charge in [0.25, 0.3) is 0 Å². The van der Waals surface area contributed by atoms with E-state index in [0.717, 1.165) is 6.07 Å². The van der Waals surface area contributed by atoms with Gasteiger partial charge in [-0.1, -0.05) is 15.9 Å². The molecule has 0 N–H and O–H groups in total. The van der Waals surface area contributed by atoms with Crippen LogP contribution in [-0.2, 0) is 6.18 Å². The lowest BCUT2D eigenvalue weighted by atomic mass is 10.2. The van der Waals surface area contributed by atoms with Crippen molar-refractivity contribution in [2.24, 2.45) is 0 Å². The molecule has 82 valence electrons. The average Bonchev–Trinajstić information content (AvgIpc) is 2.05. The molecule has 0 bridgehead atoms. The molecular formula is C8H3BrClF3O2. The Morgan fingerprint density at radius 1 is 1.40 bits per heavy atom. The van der Waals surface area contributed by atoms with Gasteiger partial charge in [-0.25, -0.2) is 4.79 Å². The zero-order chi connectivity index (χ0) is 11.6. The van der Waals surface area contributed by atoms with Crippen molar-refractivity contribution in [3.05, 3.63) is 28.2 Å². The lowest BCUT2D eigenvalue weighted by molar-refractivity contribution is -0.138. The fraction of sp³-hybridized carbons (Fsp3) is 0.125. The molecule has 7 heteroatoms. The molecule has 0 atom stereocenters. The Morgan fingerprint density at radius 2 is 2.00 bits per heavy atom. The van der Waals surface area contributed by atoms with Crippen LogP contribution in [0.4, 0.5) is 18.0 Å². The highest BCUT2D eigenvalue weighted by Crippen LogP contribution is 2.36. The summed E-state index contributed by atoms with van der Waals surface area (Å²) >= 11 is 7.60. The standard InChI is InChI=1S/C8H3BrClF3O2/c9-6-2-1-4(15-7(10)14)3-5(6)8(11,12)13/h1-3H. The highest BCUT2D eigenvalue weighted by molar-refractivity contribution is 9.10. The van der Waals surface area contributed by atoms with E-state index in [4.69, 9.17) is 11.6 Å². The monoisotopic (exact) mass is 302 g/mol. The molecule has 1 rings (SSSR count). The number of hydrogen-bond acceptors (Lipinski definition) is 2. The predicted octanol–water partition coefficient (Wildman–Crippen LogP) is 4.21. The van der Waals surface area contributed by atoms with E-state index < -0.39 is 17.2 Å². The zero-order valence-electron chi connectivity index (χ0n) is 6.94. The summed E-state index contributed by atoms with van der Waals surface area (Å²) in [6.07, 6.45) is -4.52. The maximum atomic E-state index is 12.4. The largest absolute Gasteiger partial charge is 0.417 e. The summed E-state index contributed by atoms with van der Waals surface area (Å²) in [4.78, 5) is 10.3. The third-order valence-corrected chi connectivity index (χ3v) is 2.21. The van der Waals surface area contributed by atoms with E-state index in [-0.39, 0.29) is 10.2 Å². The highest BCUT2D eigenvalue weighted by Gasteiger charge is 2.33. The molecule has 0 unspecified atom stereocenters. The first kappa shape index (κ1) is 12.3. The van der Waals surface area contributed by atoms with Gasteiger partial charge in [0.15, 0.2) is 0 Å². The number of benzene rings is 1. The molecule has 15 heavy (non-hydrogen) atoms. The van der Waals surface area contributed by atoms with Crippen LogP contribution in [0.3, 0.4) is 0 Å². The van der Waals surface area contributed by atoms with Crippen LogP contribution in [0.15, 0.2) is 22.7 Å². The van der Waals surface area contributed by atoms with Crippen LogP contribution in [-0.4, -0.2) is 5.43 Å². The molecule has 0 fully saturated rings. The molecule has 0 aliphatic heterocycles. The molecule has 0 aromatic heterocycles. The van der Waals surface area contributed by atoms with E-state index in [1.54, 1.807) is 0 Å². The molecule has 0 spiro atoms. The van der Waals surface area contributed by atoms with Crippen molar-refractivity contribution in [3.63, 3.8) is 0 Å². The van der Waals surface area contributed by atoms with Gasteiger partial charge in [-0.15, -0.1) is 0 Å². The summed E-state index contributed by atoms with van der Waals surface area (Å²) in [6, 6.07) is 3.00. The van der Waals surface area contributed by atoms with Gasteiger partial charge in [0.2, 0.25) is 0 Å². The van der Waals surface area contributed by atoms with Crippen LogP contribution in [0, 0.1) is 0 Å². The third-order valence-electron chi connectivity index (χ3n) is 1.44. The second kappa shape index (κ2) is 4.40. The lowest BCUT2D eigenvalue weighted by Crippen LogP contribution is -2.07. The predicted molar refractivity (Wildman–Crippen MR) is 51.0 cm³/mol. The summed E-state index contributed by atoms with van der Waals surface area (Å²) < 4.78 is 41.3. The number of rotatable bonds is 1.